The summed E-state index contributed by atoms with van der Waals surface area (Å²) in [6.45, 7) is 6.93. The van der Waals surface area contributed by atoms with Crippen molar-refractivity contribution >= 4 is 0 Å². The highest BCUT2D eigenvalue weighted by Gasteiger charge is 2.27. The van der Waals surface area contributed by atoms with Crippen molar-refractivity contribution in [3.8, 4) is 0 Å². The summed E-state index contributed by atoms with van der Waals surface area (Å²) in [5, 5.41) is 0. The first-order chi connectivity index (χ1) is 5.54. The number of ether oxygens (including phenoxy) is 1. The van der Waals surface area contributed by atoms with Crippen molar-refractivity contribution in [3.63, 3.8) is 0 Å². The quantitative estimate of drug-likeness (QED) is 0.547. The Hall–Kier alpha value is -0.300. The Kier molecular flexibility index (Phi) is 2.94. The Labute approximate surface area is 75.8 Å². The van der Waals surface area contributed by atoms with Gasteiger partial charge >= 0.3 is 0 Å². The van der Waals surface area contributed by atoms with Crippen LogP contribution in [0.4, 0.5) is 0 Å². The molecular formula is C11H20O. The van der Waals surface area contributed by atoms with Crippen LogP contribution in [0.1, 0.15) is 33.6 Å². The third kappa shape index (κ3) is 2.34. The lowest BCUT2D eigenvalue weighted by atomic mass is 9.74. The molecule has 0 saturated heterocycles. The van der Waals surface area contributed by atoms with E-state index in [9.17, 15) is 0 Å². The van der Waals surface area contributed by atoms with E-state index in [1.165, 1.54) is 12.8 Å². The topological polar surface area (TPSA) is 9.23 Å². The van der Waals surface area contributed by atoms with Crippen LogP contribution in [0, 0.1) is 11.3 Å². The number of rotatable bonds is 1. The predicted molar refractivity (Wildman–Crippen MR) is 52.1 cm³/mol. The summed E-state index contributed by atoms with van der Waals surface area (Å²) in [7, 11) is 1.79. The molecule has 70 valence electrons. The lowest BCUT2D eigenvalue weighted by Crippen LogP contribution is -2.27. The Balaban J connectivity index is 2.56. The van der Waals surface area contributed by atoms with Gasteiger partial charge in [0.15, 0.2) is 0 Å². The molecule has 0 saturated carbocycles. The smallest absolute Gasteiger partial charge is 0.0755 e. The highest BCUT2D eigenvalue weighted by atomic mass is 16.5. The van der Waals surface area contributed by atoms with Crippen molar-refractivity contribution in [2.45, 2.75) is 39.7 Å². The van der Waals surface area contributed by atoms with Gasteiger partial charge in [0.05, 0.1) is 6.10 Å². The molecule has 1 heteroatoms. The third-order valence-electron chi connectivity index (χ3n) is 2.82. The number of allylic oxidation sites excluding steroid dienone is 1. The van der Waals surface area contributed by atoms with Crippen molar-refractivity contribution in [2.24, 2.45) is 11.3 Å². The van der Waals surface area contributed by atoms with Crippen LogP contribution in [-0.4, -0.2) is 13.2 Å². The minimum atomic E-state index is 0.350. The minimum Gasteiger partial charge on any atom is -0.377 e. The van der Waals surface area contributed by atoms with Crippen molar-refractivity contribution < 1.29 is 4.74 Å². The highest BCUT2D eigenvalue weighted by molar-refractivity contribution is 4.99. The van der Waals surface area contributed by atoms with E-state index in [1.54, 1.807) is 7.11 Å². The molecule has 0 aromatic carbocycles. The Morgan fingerprint density at radius 2 is 2.00 bits per heavy atom. The first-order valence-corrected chi connectivity index (χ1v) is 4.73. The largest absolute Gasteiger partial charge is 0.377 e. The molecule has 1 rings (SSSR count). The summed E-state index contributed by atoms with van der Waals surface area (Å²) in [6, 6.07) is 0. The van der Waals surface area contributed by atoms with Gasteiger partial charge in [-0.2, -0.15) is 0 Å². The van der Waals surface area contributed by atoms with E-state index < -0.39 is 0 Å². The normalized spacial score (nSPS) is 30.7. The van der Waals surface area contributed by atoms with Crippen LogP contribution in [0.15, 0.2) is 12.2 Å². The van der Waals surface area contributed by atoms with Gasteiger partial charge in [0.2, 0.25) is 0 Å². The van der Waals surface area contributed by atoms with Crippen LogP contribution in [0.3, 0.4) is 0 Å². The molecule has 0 aliphatic heterocycles. The van der Waals surface area contributed by atoms with Crippen LogP contribution >= 0.6 is 0 Å². The SMILES string of the molecule is CO[C@@H]1C=CC[C@H](C(C)(C)C)C1. The van der Waals surface area contributed by atoms with E-state index in [-0.39, 0.29) is 0 Å². The first-order valence-electron chi connectivity index (χ1n) is 4.73. The van der Waals surface area contributed by atoms with Gasteiger partial charge in [-0.25, -0.2) is 0 Å². The second-order valence-corrected chi connectivity index (χ2v) is 4.74. The second kappa shape index (κ2) is 3.61. The zero-order valence-electron chi connectivity index (χ0n) is 8.63. The van der Waals surface area contributed by atoms with Crippen LogP contribution in [0.2, 0.25) is 0 Å². The predicted octanol–water partition coefficient (Wildman–Crippen LogP) is 3.01. The van der Waals surface area contributed by atoms with E-state index in [2.05, 4.69) is 32.9 Å². The van der Waals surface area contributed by atoms with Crippen molar-refractivity contribution in [3.05, 3.63) is 12.2 Å². The summed E-state index contributed by atoms with van der Waals surface area (Å²) in [5.74, 6) is 0.771. The van der Waals surface area contributed by atoms with Gasteiger partial charge in [-0.3, -0.25) is 0 Å². The molecule has 0 radical (unpaired) electrons. The van der Waals surface area contributed by atoms with Crippen molar-refractivity contribution in [1.82, 2.24) is 0 Å². The molecule has 0 fully saturated rings. The highest BCUT2D eigenvalue weighted by Crippen LogP contribution is 2.35. The molecule has 0 spiro atoms. The maximum absolute atomic E-state index is 5.33. The van der Waals surface area contributed by atoms with Gasteiger partial charge in [-0.1, -0.05) is 32.9 Å². The van der Waals surface area contributed by atoms with E-state index >= 15 is 0 Å². The molecule has 12 heavy (non-hydrogen) atoms. The molecule has 1 aliphatic carbocycles. The third-order valence-corrected chi connectivity index (χ3v) is 2.82. The van der Waals surface area contributed by atoms with Crippen LogP contribution in [-0.2, 0) is 4.74 Å². The molecule has 2 atom stereocenters. The summed E-state index contributed by atoms with van der Waals surface area (Å²) < 4.78 is 5.33. The molecule has 0 amide bonds. The fraction of sp³-hybridized carbons (Fsp3) is 0.818. The standard InChI is InChI=1S/C11H20O/c1-11(2,3)9-6-5-7-10(8-9)12-4/h5,7,9-10H,6,8H2,1-4H3/t9-,10+/m0/s1. The van der Waals surface area contributed by atoms with Crippen molar-refractivity contribution in [1.29, 1.82) is 0 Å². The summed E-state index contributed by atoms with van der Waals surface area (Å²) in [4.78, 5) is 0. The zero-order chi connectivity index (χ0) is 9.19. The maximum atomic E-state index is 5.33. The van der Waals surface area contributed by atoms with Gasteiger partial charge in [0.1, 0.15) is 0 Å². The van der Waals surface area contributed by atoms with E-state index in [0.29, 0.717) is 11.5 Å². The van der Waals surface area contributed by atoms with Gasteiger partial charge in [0, 0.05) is 7.11 Å². The lowest BCUT2D eigenvalue weighted by Gasteiger charge is -2.34. The molecule has 0 bridgehead atoms. The summed E-state index contributed by atoms with van der Waals surface area (Å²) in [6.07, 6.45) is 7.18. The van der Waals surface area contributed by atoms with E-state index in [4.69, 9.17) is 4.74 Å². The molecule has 0 unspecified atom stereocenters. The van der Waals surface area contributed by atoms with Crippen molar-refractivity contribution in [2.75, 3.05) is 7.11 Å². The molecule has 0 N–H and O–H groups in total. The Morgan fingerprint density at radius 1 is 1.33 bits per heavy atom. The first kappa shape index (κ1) is 9.79. The van der Waals surface area contributed by atoms with Gasteiger partial charge in [-0.05, 0) is 24.2 Å². The van der Waals surface area contributed by atoms with Crippen LogP contribution in [0.5, 0.6) is 0 Å². The number of hydrogen-bond donors (Lipinski definition) is 0. The molecule has 0 aromatic rings. The Morgan fingerprint density at radius 3 is 2.50 bits per heavy atom. The van der Waals surface area contributed by atoms with Gasteiger partial charge in [0.25, 0.3) is 0 Å². The summed E-state index contributed by atoms with van der Waals surface area (Å²) >= 11 is 0. The minimum absolute atomic E-state index is 0.350. The van der Waals surface area contributed by atoms with E-state index in [0.717, 1.165) is 5.92 Å². The molecular weight excluding hydrogens is 148 g/mol. The van der Waals surface area contributed by atoms with Gasteiger partial charge < -0.3 is 4.74 Å². The van der Waals surface area contributed by atoms with E-state index in [1.807, 2.05) is 0 Å². The molecule has 1 aliphatic rings. The Bertz CT molecular complexity index is 164. The lowest BCUT2D eigenvalue weighted by molar-refractivity contribution is 0.0817. The number of hydrogen-bond acceptors (Lipinski definition) is 1. The summed E-state index contributed by atoms with van der Waals surface area (Å²) in [5.41, 5.74) is 0.418. The average molecular weight is 168 g/mol. The zero-order valence-corrected chi connectivity index (χ0v) is 8.63. The second-order valence-electron chi connectivity index (χ2n) is 4.74. The van der Waals surface area contributed by atoms with Gasteiger partial charge in [-0.15, -0.1) is 0 Å². The monoisotopic (exact) mass is 168 g/mol. The fourth-order valence-electron chi connectivity index (χ4n) is 1.73. The average Bonchev–Trinajstić information content (AvgIpc) is 2.03. The molecule has 0 aromatic heterocycles. The fourth-order valence-corrected chi connectivity index (χ4v) is 1.73. The number of methoxy groups -OCH3 is 1. The molecule has 0 heterocycles. The van der Waals surface area contributed by atoms with Crippen LogP contribution < -0.4 is 0 Å². The maximum Gasteiger partial charge on any atom is 0.0755 e. The molecule has 1 nitrogen and oxygen atoms in total. The van der Waals surface area contributed by atoms with Crippen LogP contribution in [0.25, 0.3) is 0 Å².